The summed E-state index contributed by atoms with van der Waals surface area (Å²) in [7, 11) is -4.17. The molecule has 1 amide bonds. The van der Waals surface area contributed by atoms with E-state index in [2.05, 4.69) is 0 Å². The molecule has 1 saturated heterocycles. The van der Waals surface area contributed by atoms with Gasteiger partial charge in [0.1, 0.15) is 16.5 Å². The SMILES string of the molecule is O=C(CNS(=O)(=O)c1ccc(F)cc1F)N1CCCC1. The summed E-state index contributed by atoms with van der Waals surface area (Å²) in [5.74, 6) is -2.41. The molecule has 2 rings (SSSR count). The standard InChI is InChI=1S/C12H14F2N2O3S/c13-9-3-4-11(10(14)7-9)20(18,19)15-8-12(17)16-5-1-2-6-16/h3-4,7,15H,1-2,5-6,8H2. The van der Waals surface area contributed by atoms with Crippen molar-refractivity contribution >= 4 is 15.9 Å². The Morgan fingerprint density at radius 1 is 1.25 bits per heavy atom. The zero-order valence-electron chi connectivity index (χ0n) is 10.6. The fourth-order valence-corrected chi connectivity index (χ4v) is 3.04. The summed E-state index contributed by atoms with van der Waals surface area (Å²) in [5.41, 5.74) is 0. The molecule has 0 spiro atoms. The summed E-state index contributed by atoms with van der Waals surface area (Å²) in [6.07, 6.45) is 1.79. The second-order valence-electron chi connectivity index (χ2n) is 4.49. The highest BCUT2D eigenvalue weighted by Crippen LogP contribution is 2.15. The number of carbonyl (C=O) groups is 1. The molecule has 110 valence electrons. The highest BCUT2D eigenvalue weighted by Gasteiger charge is 2.23. The fourth-order valence-electron chi connectivity index (χ4n) is 2.01. The third-order valence-electron chi connectivity index (χ3n) is 3.06. The molecule has 1 fully saturated rings. The summed E-state index contributed by atoms with van der Waals surface area (Å²) in [6, 6.07) is 2.16. The van der Waals surface area contributed by atoms with Crippen molar-refractivity contribution < 1.29 is 22.0 Å². The van der Waals surface area contributed by atoms with Crippen molar-refractivity contribution in [3.63, 3.8) is 0 Å². The van der Waals surface area contributed by atoms with Crippen LogP contribution in [0.3, 0.4) is 0 Å². The predicted octanol–water partition coefficient (Wildman–Crippen LogP) is 0.866. The molecule has 1 aromatic rings. The number of hydrogen-bond donors (Lipinski definition) is 1. The summed E-state index contributed by atoms with van der Waals surface area (Å²) in [5, 5.41) is 0. The highest BCUT2D eigenvalue weighted by atomic mass is 32.2. The molecule has 1 N–H and O–H groups in total. The van der Waals surface area contributed by atoms with E-state index in [0.717, 1.165) is 25.0 Å². The van der Waals surface area contributed by atoms with Gasteiger partial charge in [-0.05, 0) is 25.0 Å². The molecule has 1 heterocycles. The summed E-state index contributed by atoms with van der Waals surface area (Å²) in [4.78, 5) is 12.6. The van der Waals surface area contributed by atoms with E-state index in [1.165, 1.54) is 0 Å². The van der Waals surface area contributed by atoms with E-state index in [4.69, 9.17) is 0 Å². The molecule has 0 unspecified atom stereocenters. The number of rotatable bonds is 4. The van der Waals surface area contributed by atoms with Crippen LogP contribution in [0.2, 0.25) is 0 Å². The van der Waals surface area contributed by atoms with Crippen LogP contribution in [0.4, 0.5) is 8.78 Å². The Kier molecular flexibility index (Phi) is 4.34. The minimum Gasteiger partial charge on any atom is -0.342 e. The first-order chi connectivity index (χ1) is 9.40. The van der Waals surface area contributed by atoms with E-state index in [1.54, 1.807) is 4.90 Å². The zero-order valence-corrected chi connectivity index (χ0v) is 11.4. The predicted molar refractivity (Wildman–Crippen MR) is 67.4 cm³/mol. The van der Waals surface area contributed by atoms with Crippen molar-refractivity contribution in [1.82, 2.24) is 9.62 Å². The van der Waals surface area contributed by atoms with Gasteiger partial charge in [-0.2, -0.15) is 0 Å². The fraction of sp³-hybridized carbons (Fsp3) is 0.417. The normalized spacial score (nSPS) is 15.6. The van der Waals surface area contributed by atoms with Gasteiger partial charge < -0.3 is 4.90 Å². The monoisotopic (exact) mass is 304 g/mol. The number of nitrogens with zero attached hydrogens (tertiary/aromatic N) is 1. The zero-order chi connectivity index (χ0) is 14.8. The molecule has 5 nitrogen and oxygen atoms in total. The van der Waals surface area contributed by atoms with Gasteiger partial charge in [0, 0.05) is 19.2 Å². The number of amides is 1. The molecular weight excluding hydrogens is 290 g/mol. The third-order valence-corrected chi connectivity index (χ3v) is 4.49. The van der Waals surface area contributed by atoms with Crippen LogP contribution in [0, 0.1) is 11.6 Å². The van der Waals surface area contributed by atoms with Crippen LogP contribution in [0.5, 0.6) is 0 Å². The lowest BCUT2D eigenvalue weighted by atomic mass is 10.3. The van der Waals surface area contributed by atoms with Gasteiger partial charge >= 0.3 is 0 Å². The van der Waals surface area contributed by atoms with E-state index in [9.17, 15) is 22.0 Å². The van der Waals surface area contributed by atoms with Gasteiger partial charge in [0.25, 0.3) is 0 Å². The molecule has 1 aliphatic rings. The van der Waals surface area contributed by atoms with E-state index in [-0.39, 0.29) is 5.91 Å². The molecule has 1 aromatic carbocycles. The van der Waals surface area contributed by atoms with Crippen molar-refractivity contribution in [3.05, 3.63) is 29.8 Å². The maximum absolute atomic E-state index is 13.4. The second-order valence-corrected chi connectivity index (χ2v) is 6.22. The maximum Gasteiger partial charge on any atom is 0.243 e. The van der Waals surface area contributed by atoms with E-state index < -0.39 is 33.1 Å². The van der Waals surface area contributed by atoms with Crippen LogP contribution in [0.25, 0.3) is 0 Å². The lowest BCUT2D eigenvalue weighted by molar-refractivity contribution is -0.128. The van der Waals surface area contributed by atoms with Crippen molar-refractivity contribution in [2.45, 2.75) is 17.7 Å². The van der Waals surface area contributed by atoms with Crippen LogP contribution < -0.4 is 4.72 Å². The van der Waals surface area contributed by atoms with Gasteiger partial charge in [0.15, 0.2) is 0 Å². The van der Waals surface area contributed by atoms with E-state index in [1.807, 2.05) is 4.72 Å². The first-order valence-electron chi connectivity index (χ1n) is 6.12. The van der Waals surface area contributed by atoms with Gasteiger partial charge in [-0.3, -0.25) is 4.79 Å². The average Bonchev–Trinajstić information content (AvgIpc) is 2.89. The largest absolute Gasteiger partial charge is 0.342 e. The van der Waals surface area contributed by atoms with Crippen molar-refractivity contribution in [2.75, 3.05) is 19.6 Å². The number of halogens is 2. The Labute approximate surface area is 115 Å². The van der Waals surface area contributed by atoms with Gasteiger partial charge in [-0.1, -0.05) is 0 Å². The van der Waals surface area contributed by atoms with Gasteiger partial charge in [0.05, 0.1) is 6.54 Å². The molecule has 8 heteroatoms. The average molecular weight is 304 g/mol. The Bertz CT molecular complexity index is 613. The van der Waals surface area contributed by atoms with Gasteiger partial charge in [0.2, 0.25) is 15.9 Å². The minimum absolute atomic E-state index is 0.353. The molecule has 1 aliphatic heterocycles. The molecule has 20 heavy (non-hydrogen) atoms. The van der Waals surface area contributed by atoms with Crippen LogP contribution in [0.15, 0.2) is 23.1 Å². The number of benzene rings is 1. The first kappa shape index (κ1) is 14.9. The lowest BCUT2D eigenvalue weighted by Gasteiger charge is -2.15. The van der Waals surface area contributed by atoms with Crippen LogP contribution >= 0.6 is 0 Å². The molecule has 0 radical (unpaired) electrons. The van der Waals surface area contributed by atoms with E-state index in [0.29, 0.717) is 19.2 Å². The van der Waals surface area contributed by atoms with Crippen LogP contribution in [-0.2, 0) is 14.8 Å². The van der Waals surface area contributed by atoms with Gasteiger partial charge in [-0.15, -0.1) is 0 Å². The Hall–Kier alpha value is -1.54. The number of sulfonamides is 1. The molecule has 0 aromatic heterocycles. The smallest absolute Gasteiger partial charge is 0.243 e. The number of likely N-dealkylation sites (tertiary alicyclic amines) is 1. The molecule has 0 atom stereocenters. The second kappa shape index (κ2) is 5.84. The summed E-state index contributed by atoms with van der Waals surface area (Å²) < 4.78 is 51.9. The topological polar surface area (TPSA) is 66.5 Å². The maximum atomic E-state index is 13.4. The summed E-state index contributed by atoms with van der Waals surface area (Å²) in [6.45, 7) is 0.774. The number of hydrogen-bond acceptors (Lipinski definition) is 3. The lowest BCUT2D eigenvalue weighted by Crippen LogP contribution is -2.38. The minimum atomic E-state index is -4.17. The Morgan fingerprint density at radius 3 is 2.50 bits per heavy atom. The first-order valence-corrected chi connectivity index (χ1v) is 7.61. The highest BCUT2D eigenvalue weighted by molar-refractivity contribution is 7.89. The van der Waals surface area contributed by atoms with Crippen molar-refractivity contribution in [2.24, 2.45) is 0 Å². The van der Waals surface area contributed by atoms with Crippen LogP contribution in [-0.4, -0.2) is 38.9 Å². The van der Waals surface area contributed by atoms with Crippen molar-refractivity contribution in [3.8, 4) is 0 Å². The molecule has 0 bridgehead atoms. The Balaban J connectivity index is 2.05. The summed E-state index contributed by atoms with van der Waals surface area (Å²) >= 11 is 0. The molecule has 0 saturated carbocycles. The number of nitrogens with one attached hydrogen (secondary N) is 1. The van der Waals surface area contributed by atoms with E-state index >= 15 is 0 Å². The Morgan fingerprint density at radius 2 is 1.90 bits per heavy atom. The van der Waals surface area contributed by atoms with Crippen molar-refractivity contribution in [1.29, 1.82) is 0 Å². The quantitative estimate of drug-likeness (QED) is 0.897. The van der Waals surface area contributed by atoms with Crippen LogP contribution in [0.1, 0.15) is 12.8 Å². The molecule has 0 aliphatic carbocycles. The number of carbonyl (C=O) groups excluding carboxylic acids is 1. The van der Waals surface area contributed by atoms with Gasteiger partial charge in [-0.25, -0.2) is 21.9 Å². The third kappa shape index (κ3) is 3.31. The molecular formula is C12H14F2N2O3S.